The summed E-state index contributed by atoms with van der Waals surface area (Å²) in [6.07, 6.45) is 9.88. The summed E-state index contributed by atoms with van der Waals surface area (Å²) < 4.78 is 33.2. The van der Waals surface area contributed by atoms with Crippen LogP contribution in [-0.2, 0) is 16.4 Å². The van der Waals surface area contributed by atoms with Crippen LogP contribution in [0.4, 0.5) is 0 Å². The SMILES string of the molecule is O=S(=O)(CCc1ccc(Cl)nc1)NC1CCC(Oc2cnccn2)CC1. The molecule has 0 atom stereocenters. The minimum Gasteiger partial charge on any atom is -0.473 e. The summed E-state index contributed by atoms with van der Waals surface area (Å²) >= 11 is 5.73. The fourth-order valence-corrected chi connectivity index (χ4v) is 4.41. The maximum atomic E-state index is 12.3. The molecule has 140 valence electrons. The summed E-state index contributed by atoms with van der Waals surface area (Å²) in [4.78, 5) is 12.0. The van der Waals surface area contributed by atoms with Crippen LogP contribution in [0.5, 0.6) is 5.88 Å². The lowest BCUT2D eigenvalue weighted by Gasteiger charge is -2.28. The number of nitrogens with one attached hydrogen (secondary N) is 1. The average molecular weight is 397 g/mol. The third-order valence-electron chi connectivity index (χ3n) is 4.30. The van der Waals surface area contributed by atoms with Crippen molar-refractivity contribution in [3.63, 3.8) is 0 Å². The number of nitrogens with zero attached hydrogens (tertiary/aromatic N) is 3. The third-order valence-corrected chi connectivity index (χ3v) is 5.95. The molecule has 1 fully saturated rings. The van der Waals surface area contributed by atoms with Gasteiger partial charge in [0.15, 0.2) is 0 Å². The van der Waals surface area contributed by atoms with Gasteiger partial charge in [-0.05, 0) is 43.7 Å². The minimum absolute atomic E-state index is 0.0341. The molecule has 3 rings (SSSR count). The number of aromatic nitrogens is 3. The van der Waals surface area contributed by atoms with Crippen molar-refractivity contribution in [2.24, 2.45) is 0 Å². The number of hydrogen-bond donors (Lipinski definition) is 1. The molecule has 2 aromatic rings. The van der Waals surface area contributed by atoms with Crippen molar-refractivity contribution in [2.75, 3.05) is 5.75 Å². The molecule has 1 aliphatic rings. The Bertz CT molecular complexity index is 795. The molecule has 7 nitrogen and oxygen atoms in total. The van der Waals surface area contributed by atoms with Crippen LogP contribution >= 0.6 is 11.6 Å². The van der Waals surface area contributed by atoms with E-state index in [4.69, 9.17) is 16.3 Å². The van der Waals surface area contributed by atoms with Crippen molar-refractivity contribution in [3.05, 3.63) is 47.6 Å². The molecule has 0 aromatic carbocycles. The van der Waals surface area contributed by atoms with Gasteiger partial charge >= 0.3 is 0 Å². The molecule has 0 bridgehead atoms. The van der Waals surface area contributed by atoms with Gasteiger partial charge in [0.2, 0.25) is 15.9 Å². The molecule has 0 saturated heterocycles. The highest BCUT2D eigenvalue weighted by atomic mass is 35.5. The smallest absolute Gasteiger partial charge is 0.232 e. The van der Waals surface area contributed by atoms with Crippen LogP contribution < -0.4 is 9.46 Å². The van der Waals surface area contributed by atoms with E-state index in [0.717, 1.165) is 31.2 Å². The van der Waals surface area contributed by atoms with E-state index in [-0.39, 0.29) is 17.9 Å². The zero-order valence-electron chi connectivity index (χ0n) is 14.2. The van der Waals surface area contributed by atoms with E-state index in [9.17, 15) is 8.42 Å². The van der Waals surface area contributed by atoms with Gasteiger partial charge in [-0.3, -0.25) is 4.98 Å². The van der Waals surface area contributed by atoms with Crippen molar-refractivity contribution in [1.82, 2.24) is 19.7 Å². The Morgan fingerprint density at radius 1 is 1.12 bits per heavy atom. The molecule has 0 radical (unpaired) electrons. The summed E-state index contributed by atoms with van der Waals surface area (Å²) in [6, 6.07) is 3.40. The first-order valence-corrected chi connectivity index (χ1v) is 10.6. The van der Waals surface area contributed by atoms with Gasteiger partial charge in [-0.2, -0.15) is 0 Å². The highest BCUT2D eigenvalue weighted by molar-refractivity contribution is 7.89. The molecular weight excluding hydrogens is 376 g/mol. The summed E-state index contributed by atoms with van der Waals surface area (Å²) in [5.74, 6) is 0.542. The number of hydrogen-bond acceptors (Lipinski definition) is 6. The van der Waals surface area contributed by atoms with Gasteiger partial charge < -0.3 is 4.74 Å². The van der Waals surface area contributed by atoms with Crippen molar-refractivity contribution in [2.45, 2.75) is 44.2 Å². The van der Waals surface area contributed by atoms with Crippen LogP contribution in [0.2, 0.25) is 5.15 Å². The van der Waals surface area contributed by atoms with E-state index >= 15 is 0 Å². The molecule has 1 aliphatic carbocycles. The van der Waals surface area contributed by atoms with E-state index in [1.165, 1.54) is 0 Å². The van der Waals surface area contributed by atoms with Crippen LogP contribution in [0.15, 0.2) is 36.9 Å². The summed E-state index contributed by atoms with van der Waals surface area (Å²) in [5, 5.41) is 0.398. The van der Waals surface area contributed by atoms with Crippen LogP contribution in [0.25, 0.3) is 0 Å². The molecule has 1 saturated carbocycles. The molecule has 9 heteroatoms. The average Bonchev–Trinajstić information content (AvgIpc) is 2.64. The van der Waals surface area contributed by atoms with Crippen molar-refractivity contribution >= 4 is 21.6 Å². The fraction of sp³-hybridized carbons (Fsp3) is 0.471. The molecule has 0 aliphatic heterocycles. The number of aryl methyl sites for hydroxylation is 1. The predicted molar refractivity (Wildman–Crippen MR) is 98.6 cm³/mol. The molecule has 1 N–H and O–H groups in total. The van der Waals surface area contributed by atoms with Gasteiger partial charge in [0.25, 0.3) is 0 Å². The van der Waals surface area contributed by atoms with Gasteiger partial charge in [-0.25, -0.2) is 23.1 Å². The van der Waals surface area contributed by atoms with E-state index in [0.29, 0.717) is 17.5 Å². The Morgan fingerprint density at radius 3 is 2.58 bits per heavy atom. The second kappa shape index (κ2) is 8.75. The first-order valence-electron chi connectivity index (χ1n) is 8.53. The van der Waals surface area contributed by atoms with E-state index in [1.54, 1.807) is 36.9 Å². The van der Waals surface area contributed by atoms with Gasteiger partial charge in [-0.1, -0.05) is 17.7 Å². The molecule has 2 aromatic heterocycles. The Labute approximate surface area is 158 Å². The molecule has 0 unspecified atom stereocenters. The molecule has 0 amide bonds. The Hall–Kier alpha value is -1.77. The quantitative estimate of drug-likeness (QED) is 0.722. The Kier molecular flexibility index (Phi) is 6.39. The topological polar surface area (TPSA) is 94.1 Å². The summed E-state index contributed by atoms with van der Waals surface area (Å²) in [6.45, 7) is 0. The summed E-state index contributed by atoms with van der Waals surface area (Å²) in [5.41, 5.74) is 0.848. The Balaban J connectivity index is 1.43. The lowest BCUT2D eigenvalue weighted by Crippen LogP contribution is -2.41. The Morgan fingerprint density at radius 2 is 1.92 bits per heavy atom. The zero-order chi connectivity index (χ0) is 18.4. The van der Waals surface area contributed by atoms with Crippen molar-refractivity contribution in [1.29, 1.82) is 0 Å². The maximum absolute atomic E-state index is 12.3. The van der Waals surface area contributed by atoms with Crippen molar-refractivity contribution in [3.8, 4) is 5.88 Å². The largest absolute Gasteiger partial charge is 0.473 e. The lowest BCUT2D eigenvalue weighted by molar-refractivity contribution is 0.138. The van der Waals surface area contributed by atoms with E-state index in [1.807, 2.05) is 0 Å². The van der Waals surface area contributed by atoms with Gasteiger partial charge in [0, 0.05) is 24.6 Å². The second-order valence-electron chi connectivity index (χ2n) is 6.31. The van der Waals surface area contributed by atoms with Gasteiger partial charge in [0.05, 0.1) is 11.9 Å². The van der Waals surface area contributed by atoms with E-state index < -0.39 is 10.0 Å². The molecule has 2 heterocycles. The maximum Gasteiger partial charge on any atom is 0.232 e. The zero-order valence-corrected chi connectivity index (χ0v) is 15.8. The number of pyridine rings is 1. The highest BCUT2D eigenvalue weighted by Crippen LogP contribution is 2.23. The van der Waals surface area contributed by atoms with Crippen LogP contribution in [0.1, 0.15) is 31.2 Å². The molecular formula is C17H21ClN4O3S. The highest BCUT2D eigenvalue weighted by Gasteiger charge is 2.26. The third kappa shape index (κ3) is 5.89. The molecule has 26 heavy (non-hydrogen) atoms. The fourth-order valence-electron chi connectivity index (χ4n) is 2.93. The molecule has 0 spiro atoms. The monoisotopic (exact) mass is 396 g/mol. The number of ether oxygens (including phenoxy) is 1. The number of halogens is 1. The standard InChI is InChI=1S/C17H21ClN4O3S/c18-16-6-1-13(11-21-16)7-10-26(23,24)22-14-2-4-15(5-3-14)25-17-12-19-8-9-20-17/h1,6,8-9,11-12,14-15,22H,2-5,7,10H2. The van der Waals surface area contributed by atoms with Gasteiger partial charge in [0.1, 0.15) is 11.3 Å². The minimum atomic E-state index is -3.34. The predicted octanol–water partition coefficient (Wildman–Crippen LogP) is 2.38. The first kappa shape index (κ1) is 19.0. The van der Waals surface area contributed by atoms with Crippen LogP contribution in [-0.4, -0.2) is 41.3 Å². The normalized spacial score (nSPS) is 20.7. The van der Waals surface area contributed by atoms with Crippen molar-refractivity contribution < 1.29 is 13.2 Å². The van der Waals surface area contributed by atoms with Gasteiger partial charge in [-0.15, -0.1) is 0 Å². The summed E-state index contributed by atoms with van der Waals surface area (Å²) in [7, 11) is -3.34. The second-order valence-corrected chi connectivity index (χ2v) is 8.57. The lowest BCUT2D eigenvalue weighted by atomic mass is 9.94. The van der Waals surface area contributed by atoms with E-state index in [2.05, 4.69) is 19.7 Å². The number of rotatable bonds is 7. The van der Waals surface area contributed by atoms with Crippen LogP contribution in [0.3, 0.4) is 0 Å². The number of sulfonamides is 1. The van der Waals surface area contributed by atoms with Crippen LogP contribution in [0, 0.1) is 0 Å². The first-order chi connectivity index (χ1) is 12.5.